The maximum absolute atomic E-state index is 13.5. The molecule has 0 unspecified atom stereocenters. The topological polar surface area (TPSA) is 12.5 Å². The van der Waals surface area contributed by atoms with Crippen molar-refractivity contribution in [3.63, 3.8) is 0 Å². The van der Waals surface area contributed by atoms with Gasteiger partial charge < -0.3 is 9.64 Å². The predicted molar refractivity (Wildman–Crippen MR) is 66.9 cm³/mol. The molecule has 0 heterocycles. The number of nitrogens with zero attached hydrogens (tertiary/aromatic N) is 1. The molecule has 2 rings (SSSR count). The third-order valence-corrected chi connectivity index (χ3v) is 3.01. The fourth-order valence-electron chi connectivity index (χ4n) is 1.66. The predicted octanol–water partition coefficient (Wildman–Crippen LogP) is 2.72. The van der Waals surface area contributed by atoms with Crippen LogP contribution in [0.15, 0.2) is 18.2 Å². The molecule has 1 aliphatic rings. The lowest BCUT2D eigenvalue weighted by atomic mass is 10.1. The fourth-order valence-corrected chi connectivity index (χ4v) is 1.66. The number of hydrogen-bond donors (Lipinski definition) is 0. The van der Waals surface area contributed by atoms with Crippen LogP contribution >= 0.6 is 0 Å². The van der Waals surface area contributed by atoms with Gasteiger partial charge in [0.05, 0.1) is 6.61 Å². The van der Waals surface area contributed by atoms with Crippen molar-refractivity contribution >= 4 is 0 Å². The van der Waals surface area contributed by atoms with Gasteiger partial charge in [-0.1, -0.05) is 6.07 Å². The molecule has 1 aromatic carbocycles. The molecule has 1 aliphatic carbocycles. The molecule has 0 atom stereocenters. The summed E-state index contributed by atoms with van der Waals surface area (Å²) in [7, 11) is 4.07. The van der Waals surface area contributed by atoms with Gasteiger partial charge in [-0.25, -0.2) is 4.39 Å². The van der Waals surface area contributed by atoms with Crippen molar-refractivity contribution in [2.45, 2.75) is 19.3 Å². The van der Waals surface area contributed by atoms with E-state index >= 15 is 0 Å². The molecule has 17 heavy (non-hydrogen) atoms. The number of ether oxygens (including phenoxy) is 1. The molecular weight excluding hydrogens is 217 g/mol. The number of likely N-dealkylation sites (N-methyl/N-ethyl adjacent to an activating group) is 1. The zero-order valence-corrected chi connectivity index (χ0v) is 10.6. The number of rotatable bonds is 6. The third kappa shape index (κ3) is 4.00. The maximum atomic E-state index is 13.5. The van der Waals surface area contributed by atoms with Gasteiger partial charge in [-0.15, -0.1) is 0 Å². The molecule has 2 nitrogen and oxygen atoms in total. The Morgan fingerprint density at radius 2 is 2.12 bits per heavy atom. The molecule has 0 saturated heterocycles. The molecule has 94 valence electrons. The van der Waals surface area contributed by atoms with Crippen molar-refractivity contribution in [2.75, 3.05) is 27.2 Å². The van der Waals surface area contributed by atoms with Crippen LogP contribution in [-0.4, -0.2) is 32.1 Å². The van der Waals surface area contributed by atoms with Gasteiger partial charge in [0.1, 0.15) is 0 Å². The highest BCUT2D eigenvalue weighted by Gasteiger charge is 2.22. The Kier molecular flexibility index (Phi) is 4.00. The van der Waals surface area contributed by atoms with E-state index < -0.39 is 0 Å². The van der Waals surface area contributed by atoms with E-state index in [2.05, 4.69) is 4.90 Å². The molecule has 1 fully saturated rings. The van der Waals surface area contributed by atoms with E-state index in [9.17, 15) is 4.39 Å². The highest BCUT2D eigenvalue weighted by atomic mass is 19.1. The van der Waals surface area contributed by atoms with Gasteiger partial charge in [0, 0.05) is 6.54 Å². The first-order valence-electron chi connectivity index (χ1n) is 6.21. The van der Waals surface area contributed by atoms with Crippen molar-refractivity contribution in [1.82, 2.24) is 4.90 Å². The van der Waals surface area contributed by atoms with Crippen LogP contribution in [-0.2, 0) is 6.42 Å². The quantitative estimate of drug-likeness (QED) is 0.754. The molecule has 0 amide bonds. The first-order valence-corrected chi connectivity index (χ1v) is 6.21. The fraction of sp³-hybridized carbons (Fsp3) is 0.571. The average Bonchev–Trinajstić information content (AvgIpc) is 3.10. The molecule has 0 spiro atoms. The van der Waals surface area contributed by atoms with E-state index in [1.165, 1.54) is 18.9 Å². The number of benzene rings is 1. The molecule has 0 aromatic heterocycles. The minimum absolute atomic E-state index is 0.251. The lowest BCUT2D eigenvalue weighted by Gasteiger charge is -2.11. The smallest absolute Gasteiger partial charge is 0.165 e. The summed E-state index contributed by atoms with van der Waals surface area (Å²) in [5.74, 6) is 0.812. The van der Waals surface area contributed by atoms with Crippen LogP contribution in [0.4, 0.5) is 4.39 Å². The van der Waals surface area contributed by atoms with Crippen molar-refractivity contribution in [3.8, 4) is 5.75 Å². The van der Waals surface area contributed by atoms with Gasteiger partial charge in [0.2, 0.25) is 0 Å². The highest BCUT2D eigenvalue weighted by molar-refractivity contribution is 5.30. The van der Waals surface area contributed by atoms with Crippen LogP contribution in [0.25, 0.3) is 0 Å². The summed E-state index contributed by atoms with van der Waals surface area (Å²) in [6.45, 7) is 1.63. The van der Waals surface area contributed by atoms with E-state index in [0.717, 1.165) is 18.5 Å². The molecule has 1 saturated carbocycles. The largest absolute Gasteiger partial charge is 0.490 e. The Hall–Kier alpha value is -1.09. The number of halogens is 1. The van der Waals surface area contributed by atoms with Crippen LogP contribution in [0, 0.1) is 11.7 Å². The minimum atomic E-state index is -0.251. The van der Waals surface area contributed by atoms with Gasteiger partial charge in [-0.2, -0.15) is 0 Å². The average molecular weight is 237 g/mol. The monoisotopic (exact) mass is 237 g/mol. The summed E-state index contributed by atoms with van der Waals surface area (Å²) in [5.41, 5.74) is 1.13. The Bertz CT molecular complexity index is 374. The second-order valence-corrected chi connectivity index (χ2v) is 5.07. The standard InChI is InChI=1S/C14H20FNO/c1-16(2)8-7-11-5-6-13(15)14(9-11)17-10-12-3-4-12/h5-6,9,12H,3-4,7-8,10H2,1-2H3. The molecular formula is C14H20FNO. The first kappa shape index (κ1) is 12.4. The van der Waals surface area contributed by atoms with Crippen LogP contribution in [0.1, 0.15) is 18.4 Å². The molecule has 0 aliphatic heterocycles. The van der Waals surface area contributed by atoms with E-state index in [1.54, 1.807) is 0 Å². The van der Waals surface area contributed by atoms with Crippen molar-refractivity contribution < 1.29 is 9.13 Å². The van der Waals surface area contributed by atoms with Crippen LogP contribution < -0.4 is 4.74 Å². The maximum Gasteiger partial charge on any atom is 0.165 e. The Morgan fingerprint density at radius 3 is 2.76 bits per heavy atom. The molecule has 1 aromatic rings. The van der Waals surface area contributed by atoms with E-state index in [-0.39, 0.29) is 5.82 Å². The van der Waals surface area contributed by atoms with Crippen molar-refractivity contribution in [3.05, 3.63) is 29.6 Å². The summed E-state index contributed by atoms with van der Waals surface area (Å²) in [6, 6.07) is 5.18. The van der Waals surface area contributed by atoms with Crippen molar-refractivity contribution in [1.29, 1.82) is 0 Å². The van der Waals surface area contributed by atoms with E-state index in [4.69, 9.17) is 4.74 Å². The second-order valence-electron chi connectivity index (χ2n) is 5.07. The van der Waals surface area contributed by atoms with Crippen LogP contribution in [0.2, 0.25) is 0 Å². The lowest BCUT2D eigenvalue weighted by molar-refractivity contribution is 0.285. The Morgan fingerprint density at radius 1 is 1.35 bits per heavy atom. The van der Waals surface area contributed by atoms with Gasteiger partial charge in [-0.3, -0.25) is 0 Å². The van der Waals surface area contributed by atoms with Crippen molar-refractivity contribution in [2.24, 2.45) is 5.92 Å². The van der Waals surface area contributed by atoms with E-state index in [1.807, 2.05) is 26.2 Å². The summed E-state index contributed by atoms with van der Waals surface area (Å²) >= 11 is 0. The Balaban J connectivity index is 1.94. The van der Waals surface area contributed by atoms with Gasteiger partial charge >= 0.3 is 0 Å². The lowest BCUT2D eigenvalue weighted by Crippen LogP contribution is -2.15. The molecule has 0 radical (unpaired) electrons. The Labute approximate surface area is 102 Å². The minimum Gasteiger partial charge on any atom is -0.490 e. The molecule has 3 heteroatoms. The summed E-state index contributed by atoms with van der Waals surface area (Å²) in [4.78, 5) is 2.12. The summed E-state index contributed by atoms with van der Waals surface area (Å²) < 4.78 is 19.0. The molecule has 0 bridgehead atoms. The summed E-state index contributed by atoms with van der Waals surface area (Å²) in [6.07, 6.45) is 3.37. The summed E-state index contributed by atoms with van der Waals surface area (Å²) in [5, 5.41) is 0. The normalized spacial score (nSPS) is 15.3. The van der Waals surface area contributed by atoms with Crippen LogP contribution in [0.5, 0.6) is 5.75 Å². The first-order chi connectivity index (χ1) is 8.15. The van der Waals surface area contributed by atoms with Gasteiger partial charge in [0.15, 0.2) is 11.6 Å². The van der Waals surface area contributed by atoms with Gasteiger partial charge in [0.25, 0.3) is 0 Å². The third-order valence-electron chi connectivity index (χ3n) is 3.01. The van der Waals surface area contributed by atoms with Gasteiger partial charge in [-0.05, 0) is 57.0 Å². The highest BCUT2D eigenvalue weighted by Crippen LogP contribution is 2.30. The second kappa shape index (κ2) is 5.50. The molecule has 0 N–H and O–H groups in total. The zero-order chi connectivity index (χ0) is 12.3. The van der Waals surface area contributed by atoms with Crippen LogP contribution in [0.3, 0.4) is 0 Å². The SMILES string of the molecule is CN(C)CCc1ccc(F)c(OCC2CC2)c1. The number of hydrogen-bond acceptors (Lipinski definition) is 2. The van der Waals surface area contributed by atoms with E-state index in [0.29, 0.717) is 18.3 Å². The zero-order valence-electron chi connectivity index (χ0n) is 10.6.